The molecule has 2 aromatic rings. The molecule has 0 aliphatic carbocycles. The first-order chi connectivity index (χ1) is 9.08. The Balaban J connectivity index is 2.29. The number of halogens is 2. The van der Waals surface area contributed by atoms with Crippen LogP contribution in [0, 0.1) is 0 Å². The van der Waals surface area contributed by atoms with Crippen molar-refractivity contribution in [3.8, 4) is 0 Å². The van der Waals surface area contributed by atoms with Gasteiger partial charge in [-0.2, -0.15) is 0 Å². The Bertz CT molecular complexity index is 587. The summed E-state index contributed by atoms with van der Waals surface area (Å²) in [6.45, 7) is 2.09. The quantitative estimate of drug-likeness (QED) is 0.824. The molecule has 0 fully saturated rings. The number of nitrogens with zero attached hydrogens (tertiary/aromatic N) is 2. The number of nitrogen functional groups attached to an aromatic ring is 1. The van der Waals surface area contributed by atoms with Gasteiger partial charge in [0.1, 0.15) is 17.5 Å². The van der Waals surface area contributed by atoms with Crippen LogP contribution in [0.2, 0.25) is 0 Å². The zero-order chi connectivity index (χ0) is 13.8. The highest BCUT2D eigenvalue weighted by Gasteiger charge is 2.05. The van der Waals surface area contributed by atoms with Crippen LogP contribution in [0.3, 0.4) is 0 Å². The molecule has 0 unspecified atom stereocenters. The number of hydrogen-bond donors (Lipinski definition) is 2. The van der Waals surface area contributed by atoms with Crippen molar-refractivity contribution < 1.29 is 0 Å². The summed E-state index contributed by atoms with van der Waals surface area (Å²) in [5.41, 5.74) is 6.73. The Kier molecular flexibility index (Phi) is 4.76. The van der Waals surface area contributed by atoms with Crippen molar-refractivity contribution in [1.29, 1.82) is 0 Å². The Labute approximate surface area is 129 Å². The molecule has 2 rings (SSSR count). The summed E-state index contributed by atoms with van der Waals surface area (Å²) in [5, 5.41) is 3.24. The lowest BCUT2D eigenvalue weighted by Crippen LogP contribution is -2.03. The number of nitrogens with two attached hydrogens (primary N) is 1. The molecule has 1 aromatic carbocycles. The molecule has 1 heterocycles. The summed E-state index contributed by atoms with van der Waals surface area (Å²) in [6.07, 6.45) is 1.81. The van der Waals surface area contributed by atoms with E-state index < -0.39 is 0 Å². The van der Waals surface area contributed by atoms with Crippen molar-refractivity contribution in [2.24, 2.45) is 0 Å². The van der Waals surface area contributed by atoms with Crippen molar-refractivity contribution in [2.75, 3.05) is 11.1 Å². The second-order valence-corrected chi connectivity index (χ2v) is 5.86. The summed E-state index contributed by atoms with van der Waals surface area (Å²) in [4.78, 5) is 8.66. The van der Waals surface area contributed by atoms with Gasteiger partial charge in [0.15, 0.2) is 0 Å². The van der Waals surface area contributed by atoms with E-state index in [1.165, 1.54) is 0 Å². The topological polar surface area (TPSA) is 63.8 Å². The molecular formula is C13H14Br2N4. The summed E-state index contributed by atoms with van der Waals surface area (Å²) in [7, 11) is 0. The minimum Gasteiger partial charge on any atom is -0.384 e. The van der Waals surface area contributed by atoms with Crippen LogP contribution >= 0.6 is 31.9 Å². The van der Waals surface area contributed by atoms with E-state index in [1.807, 2.05) is 18.2 Å². The van der Waals surface area contributed by atoms with E-state index in [2.05, 4.69) is 54.1 Å². The molecule has 3 N–H and O–H groups in total. The fourth-order valence-electron chi connectivity index (χ4n) is 1.65. The molecule has 0 atom stereocenters. The van der Waals surface area contributed by atoms with E-state index in [1.54, 1.807) is 6.07 Å². The first-order valence-electron chi connectivity index (χ1n) is 5.94. The van der Waals surface area contributed by atoms with Crippen molar-refractivity contribution in [3.63, 3.8) is 0 Å². The molecule has 1 aromatic heterocycles. The van der Waals surface area contributed by atoms with Crippen molar-refractivity contribution in [1.82, 2.24) is 9.97 Å². The van der Waals surface area contributed by atoms with Crippen LogP contribution in [0.1, 0.15) is 19.2 Å². The summed E-state index contributed by atoms with van der Waals surface area (Å²) in [6, 6.07) is 7.63. The van der Waals surface area contributed by atoms with Gasteiger partial charge in [-0.1, -0.05) is 22.9 Å². The Morgan fingerprint density at radius 1 is 1.21 bits per heavy atom. The number of aryl methyl sites for hydroxylation is 1. The molecule has 0 radical (unpaired) electrons. The summed E-state index contributed by atoms with van der Waals surface area (Å²) in [5.74, 6) is 1.94. The maximum atomic E-state index is 5.80. The molecule has 6 heteroatoms. The van der Waals surface area contributed by atoms with Gasteiger partial charge in [-0.15, -0.1) is 0 Å². The average molecular weight is 386 g/mol. The largest absolute Gasteiger partial charge is 0.384 e. The van der Waals surface area contributed by atoms with Gasteiger partial charge in [-0.25, -0.2) is 9.97 Å². The Morgan fingerprint density at radius 3 is 2.74 bits per heavy atom. The predicted octanol–water partition coefficient (Wildman–Crippen LogP) is 4.28. The molecule has 0 aliphatic rings. The van der Waals surface area contributed by atoms with E-state index in [0.717, 1.165) is 33.3 Å². The number of nitrogens with one attached hydrogen (secondary N) is 1. The van der Waals surface area contributed by atoms with Gasteiger partial charge >= 0.3 is 0 Å². The summed E-state index contributed by atoms with van der Waals surface area (Å²) < 4.78 is 1.96. The van der Waals surface area contributed by atoms with E-state index in [0.29, 0.717) is 11.6 Å². The third-order valence-electron chi connectivity index (χ3n) is 2.46. The minimum absolute atomic E-state index is 0.479. The second-order valence-electron chi connectivity index (χ2n) is 4.09. The highest BCUT2D eigenvalue weighted by Crippen LogP contribution is 2.28. The van der Waals surface area contributed by atoms with Gasteiger partial charge in [0.2, 0.25) is 0 Å². The average Bonchev–Trinajstić information content (AvgIpc) is 2.33. The van der Waals surface area contributed by atoms with Crippen LogP contribution < -0.4 is 11.1 Å². The molecule has 0 amide bonds. The molecule has 0 aliphatic heterocycles. The lowest BCUT2D eigenvalue weighted by molar-refractivity contribution is 0.839. The van der Waals surface area contributed by atoms with Crippen molar-refractivity contribution >= 4 is 49.2 Å². The van der Waals surface area contributed by atoms with Crippen LogP contribution in [0.15, 0.2) is 33.2 Å². The Morgan fingerprint density at radius 2 is 2.00 bits per heavy atom. The smallest absolute Gasteiger partial charge is 0.136 e. The number of aromatic nitrogens is 2. The van der Waals surface area contributed by atoms with Crippen LogP contribution in [0.25, 0.3) is 0 Å². The van der Waals surface area contributed by atoms with Gasteiger partial charge in [0.05, 0.1) is 5.69 Å². The third-order valence-corrected chi connectivity index (χ3v) is 3.64. The van der Waals surface area contributed by atoms with Gasteiger partial charge in [0, 0.05) is 21.4 Å². The molecule has 4 nitrogen and oxygen atoms in total. The number of anilines is 3. The van der Waals surface area contributed by atoms with Gasteiger partial charge in [0.25, 0.3) is 0 Å². The molecule has 100 valence electrons. The van der Waals surface area contributed by atoms with Crippen LogP contribution in [-0.4, -0.2) is 9.97 Å². The maximum Gasteiger partial charge on any atom is 0.136 e. The monoisotopic (exact) mass is 384 g/mol. The lowest BCUT2D eigenvalue weighted by atomic mass is 10.3. The number of benzene rings is 1. The predicted molar refractivity (Wildman–Crippen MR) is 85.6 cm³/mol. The molecule has 0 saturated heterocycles. The normalized spacial score (nSPS) is 10.5. The highest BCUT2D eigenvalue weighted by atomic mass is 79.9. The van der Waals surface area contributed by atoms with Crippen LogP contribution in [0.4, 0.5) is 17.3 Å². The molecular weight excluding hydrogens is 372 g/mol. The second kappa shape index (κ2) is 6.34. The maximum absolute atomic E-state index is 5.80. The first-order valence-corrected chi connectivity index (χ1v) is 7.52. The van der Waals surface area contributed by atoms with E-state index in [9.17, 15) is 0 Å². The van der Waals surface area contributed by atoms with Gasteiger partial charge in [-0.05, 0) is 40.5 Å². The van der Waals surface area contributed by atoms with Crippen molar-refractivity contribution in [3.05, 3.63) is 39.0 Å². The zero-order valence-corrected chi connectivity index (χ0v) is 13.6. The number of hydrogen-bond acceptors (Lipinski definition) is 4. The van der Waals surface area contributed by atoms with E-state index in [-0.39, 0.29) is 0 Å². The van der Waals surface area contributed by atoms with E-state index >= 15 is 0 Å². The molecule has 19 heavy (non-hydrogen) atoms. The SMILES string of the molecule is CCCc1nc(N)cc(Nc2cc(Br)ccc2Br)n1. The standard InChI is InChI=1S/C13H14Br2N4/c1-2-3-12-18-11(16)7-13(19-12)17-10-6-8(14)4-5-9(10)15/h4-7H,2-3H2,1H3,(H3,16,17,18,19). The fourth-order valence-corrected chi connectivity index (χ4v) is 2.36. The third kappa shape index (κ3) is 3.91. The van der Waals surface area contributed by atoms with Gasteiger partial charge < -0.3 is 11.1 Å². The molecule has 0 bridgehead atoms. The Hall–Kier alpha value is -1.14. The lowest BCUT2D eigenvalue weighted by Gasteiger charge is -2.10. The molecule has 0 spiro atoms. The minimum atomic E-state index is 0.479. The first kappa shape index (κ1) is 14.3. The highest BCUT2D eigenvalue weighted by molar-refractivity contribution is 9.11. The zero-order valence-electron chi connectivity index (χ0n) is 10.5. The van der Waals surface area contributed by atoms with Crippen LogP contribution in [-0.2, 0) is 6.42 Å². The summed E-state index contributed by atoms with van der Waals surface area (Å²) >= 11 is 6.94. The van der Waals surface area contributed by atoms with Crippen molar-refractivity contribution in [2.45, 2.75) is 19.8 Å². The number of rotatable bonds is 4. The van der Waals surface area contributed by atoms with Crippen LogP contribution in [0.5, 0.6) is 0 Å². The van der Waals surface area contributed by atoms with E-state index in [4.69, 9.17) is 5.73 Å². The van der Waals surface area contributed by atoms with Gasteiger partial charge in [-0.3, -0.25) is 0 Å². The fraction of sp³-hybridized carbons (Fsp3) is 0.231. The molecule has 0 saturated carbocycles.